The van der Waals surface area contributed by atoms with Gasteiger partial charge in [0.2, 0.25) is 0 Å². The third-order valence-corrected chi connectivity index (χ3v) is 3.68. The molecule has 2 aromatic carbocycles. The van der Waals surface area contributed by atoms with Gasteiger partial charge < -0.3 is 20.0 Å². The van der Waals surface area contributed by atoms with Gasteiger partial charge in [-0.1, -0.05) is 12.1 Å². The second-order valence-corrected chi connectivity index (χ2v) is 5.64. The normalized spacial score (nSPS) is 10.9. The first kappa shape index (κ1) is 18.6. The number of benzene rings is 2. The van der Waals surface area contributed by atoms with Gasteiger partial charge in [-0.25, -0.2) is 9.59 Å². The van der Waals surface area contributed by atoms with Crippen LogP contribution < -0.4 is 11.0 Å². The third kappa shape index (κ3) is 4.49. The molecule has 3 rings (SSSR count). The van der Waals surface area contributed by atoms with Crippen LogP contribution in [0.2, 0.25) is 0 Å². The fourth-order valence-corrected chi connectivity index (χ4v) is 2.44. The van der Waals surface area contributed by atoms with E-state index >= 15 is 0 Å². The first-order valence-corrected chi connectivity index (χ1v) is 8.02. The smallest absolute Gasteiger partial charge is 0.331 e. The third-order valence-electron chi connectivity index (χ3n) is 3.68. The highest BCUT2D eigenvalue weighted by Crippen LogP contribution is 2.19. The predicted molar refractivity (Wildman–Crippen MR) is 101 cm³/mol. The second-order valence-electron chi connectivity index (χ2n) is 5.64. The Labute approximate surface area is 157 Å². The Morgan fingerprint density at radius 1 is 1.14 bits per heavy atom. The van der Waals surface area contributed by atoms with E-state index in [4.69, 9.17) is 4.74 Å². The number of H-pyrrole nitrogens is 2. The molecule has 0 saturated heterocycles. The highest BCUT2D eigenvalue weighted by atomic mass is 16.6. The van der Waals surface area contributed by atoms with Crippen LogP contribution >= 0.6 is 0 Å². The Bertz CT molecular complexity index is 1140. The number of nitrogens with one attached hydrogen (secondary N) is 3. The molecule has 28 heavy (non-hydrogen) atoms. The number of carbonyl (C=O) groups is 2. The molecule has 10 heteroatoms. The van der Waals surface area contributed by atoms with Crippen molar-refractivity contribution in [1.29, 1.82) is 0 Å². The van der Waals surface area contributed by atoms with Crippen molar-refractivity contribution >= 4 is 40.4 Å². The Kier molecular flexibility index (Phi) is 5.30. The molecule has 1 heterocycles. The molecule has 0 unspecified atom stereocenters. The lowest BCUT2D eigenvalue weighted by molar-refractivity contribution is -0.385. The van der Waals surface area contributed by atoms with Gasteiger partial charge in [0.1, 0.15) is 0 Å². The highest BCUT2D eigenvalue weighted by molar-refractivity contribution is 5.96. The minimum Gasteiger partial charge on any atom is -0.452 e. The molecule has 0 aliphatic heterocycles. The van der Waals surface area contributed by atoms with E-state index < -0.39 is 23.4 Å². The number of hydrogen-bond donors (Lipinski definition) is 3. The molecule has 3 N–H and O–H groups in total. The fourth-order valence-electron chi connectivity index (χ4n) is 2.44. The Balaban J connectivity index is 1.55. The van der Waals surface area contributed by atoms with Crippen molar-refractivity contribution in [3.63, 3.8) is 0 Å². The van der Waals surface area contributed by atoms with E-state index in [-0.39, 0.29) is 16.9 Å². The standard InChI is InChI=1S/C18H14N4O6/c23-16(19-12-6-7-13-14(9-12)21-18(25)20-13)10-28-17(24)8-5-11-3-1-2-4-15(11)22(26)27/h1-9H,10H2,(H,19,23)(H2,20,21,25). The van der Waals surface area contributed by atoms with E-state index in [0.717, 1.165) is 6.08 Å². The molecule has 0 fully saturated rings. The number of hydrogen-bond acceptors (Lipinski definition) is 6. The first-order valence-electron chi connectivity index (χ1n) is 8.02. The van der Waals surface area contributed by atoms with Crippen LogP contribution in [0.15, 0.2) is 53.3 Å². The molecule has 0 bridgehead atoms. The summed E-state index contributed by atoms with van der Waals surface area (Å²) < 4.78 is 4.82. The van der Waals surface area contributed by atoms with Crippen LogP contribution in [0.1, 0.15) is 5.56 Å². The van der Waals surface area contributed by atoms with Crippen molar-refractivity contribution in [3.05, 3.63) is 74.7 Å². The molecular weight excluding hydrogens is 368 g/mol. The summed E-state index contributed by atoms with van der Waals surface area (Å²) in [5.74, 6) is -1.40. The first-order chi connectivity index (χ1) is 13.4. The summed E-state index contributed by atoms with van der Waals surface area (Å²) in [6, 6.07) is 10.7. The van der Waals surface area contributed by atoms with Crippen LogP contribution in [-0.2, 0) is 14.3 Å². The number of ether oxygens (including phenoxy) is 1. The minimum absolute atomic E-state index is 0.150. The van der Waals surface area contributed by atoms with Gasteiger partial charge in [-0.3, -0.25) is 14.9 Å². The number of rotatable bonds is 6. The Morgan fingerprint density at radius 3 is 2.68 bits per heavy atom. The Hall–Kier alpha value is -4.21. The zero-order valence-corrected chi connectivity index (χ0v) is 14.3. The van der Waals surface area contributed by atoms with E-state index in [1.54, 1.807) is 24.3 Å². The molecule has 0 aliphatic rings. The maximum atomic E-state index is 11.9. The fraction of sp³-hybridized carbons (Fsp3) is 0.0556. The number of nitrogens with zero attached hydrogens (tertiary/aromatic N) is 1. The number of fused-ring (bicyclic) bond motifs is 1. The summed E-state index contributed by atoms with van der Waals surface area (Å²) >= 11 is 0. The molecule has 1 amide bonds. The molecule has 0 radical (unpaired) electrons. The molecule has 1 aromatic heterocycles. The van der Waals surface area contributed by atoms with Gasteiger partial charge in [0, 0.05) is 17.8 Å². The monoisotopic (exact) mass is 382 g/mol. The number of nitro groups is 1. The number of nitro benzene ring substituents is 1. The van der Waals surface area contributed by atoms with Crippen molar-refractivity contribution < 1.29 is 19.2 Å². The minimum atomic E-state index is -0.821. The van der Waals surface area contributed by atoms with E-state index in [2.05, 4.69) is 15.3 Å². The van der Waals surface area contributed by atoms with Gasteiger partial charge in [0.25, 0.3) is 11.6 Å². The van der Waals surface area contributed by atoms with Crippen molar-refractivity contribution in [3.8, 4) is 0 Å². The van der Waals surface area contributed by atoms with Crippen LogP contribution in [0.4, 0.5) is 11.4 Å². The number of aromatic amines is 2. The van der Waals surface area contributed by atoms with E-state index in [9.17, 15) is 24.5 Å². The second kappa shape index (κ2) is 7.99. The average Bonchev–Trinajstić information content (AvgIpc) is 3.04. The molecular formula is C18H14N4O6. The molecule has 142 valence electrons. The lowest BCUT2D eigenvalue weighted by Crippen LogP contribution is -2.20. The lowest BCUT2D eigenvalue weighted by Gasteiger charge is -2.05. The number of imidazole rings is 1. The topological polar surface area (TPSA) is 147 Å². The van der Waals surface area contributed by atoms with Crippen molar-refractivity contribution in [2.45, 2.75) is 0 Å². The summed E-state index contributed by atoms with van der Waals surface area (Å²) in [6.07, 6.45) is 2.25. The van der Waals surface area contributed by atoms with E-state index in [0.29, 0.717) is 16.7 Å². The van der Waals surface area contributed by atoms with Crippen molar-refractivity contribution in [2.24, 2.45) is 0 Å². The lowest BCUT2D eigenvalue weighted by atomic mass is 10.1. The quantitative estimate of drug-likeness (QED) is 0.257. The van der Waals surface area contributed by atoms with Gasteiger partial charge >= 0.3 is 11.7 Å². The number of para-hydroxylation sites is 1. The van der Waals surface area contributed by atoms with Crippen LogP contribution in [-0.4, -0.2) is 33.4 Å². The number of esters is 1. The molecule has 3 aromatic rings. The van der Waals surface area contributed by atoms with Gasteiger partial charge in [0.05, 0.1) is 21.5 Å². The predicted octanol–water partition coefficient (Wildman–Crippen LogP) is 1.96. The summed E-state index contributed by atoms with van der Waals surface area (Å²) in [6.45, 7) is -0.540. The van der Waals surface area contributed by atoms with Crippen LogP contribution in [0.25, 0.3) is 17.1 Å². The van der Waals surface area contributed by atoms with Crippen LogP contribution in [0.5, 0.6) is 0 Å². The van der Waals surface area contributed by atoms with Gasteiger partial charge in [-0.05, 0) is 30.3 Å². The largest absolute Gasteiger partial charge is 0.452 e. The number of aromatic nitrogens is 2. The zero-order valence-electron chi connectivity index (χ0n) is 14.3. The molecule has 0 aliphatic carbocycles. The summed E-state index contributed by atoms with van der Waals surface area (Å²) in [5.41, 5.74) is 1.25. The maximum Gasteiger partial charge on any atom is 0.331 e. The number of anilines is 1. The zero-order chi connectivity index (χ0) is 20.1. The van der Waals surface area contributed by atoms with Gasteiger partial charge in [0.15, 0.2) is 6.61 Å². The molecule has 10 nitrogen and oxygen atoms in total. The molecule has 0 atom stereocenters. The van der Waals surface area contributed by atoms with Crippen LogP contribution in [0, 0.1) is 10.1 Å². The highest BCUT2D eigenvalue weighted by Gasteiger charge is 2.11. The molecule has 0 spiro atoms. The van der Waals surface area contributed by atoms with Crippen LogP contribution in [0.3, 0.4) is 0 Å². The van der Waals surface area contributed by atoms with E-state index in [1.807, 2.05) is 0 Å². The number of amides is 1. The van der Waals surface area contributed by atoms with Crippen molar-refractivity contribution in [2.75, 3.05) is 11.9 Å². The maximum absolute atomic E-state index is 11.9. The van der Waals surface area contributed by atoms with Gasteiger partial charge in [-0.15, -0.1) is 0 Å². The summed E-state index contributed by atoms with van der Waals surface area (Å²) in [7, 11) is 0. The number of carbonyl (C=O) groups excluding carboxylic acids is 2. The SMILES string of the molecule is O=C(COC(=O)C=Cc1ccccc1[N+](=O)[O-])Nc1ccc2[nH]c(=O)[nH]c2c1. The average molecular weight is 382 g/mol. The summed E-state index contributed by atoms with van der Waals surface area (Å²) in [4.78, 5) is 50.3. The Morgan fingerprint density at radius 2 is 1.89 bits per heavy atom. The molecule has 0 saturated carbocycles. The van der Waals surface area contributed by atoms with Gasteiger partial charge in [-0.2, -0.15) is 0 Å². The van der Waals surface area contributed by atoms with Crippen molar-refractivity contribution in [1.82, 2.24) is 9.97 Å². The summed E-state index contributed by atoms with van der Waals surface area (Å²) in [5, 5.41) is 13.5. The van der Waals surface area contributed by atoms with E-state index in [1.165, 1.54) is 24.3 Å².